The number of hydrogen-bond acceptors (Lipinski definition) is 3. The number of carbonyl (C=O) groups is 1. The number of aromatic carboxylic acids is 1. The number of nitrogens with zero attached hydrogens (tertiary/aromatic N) is 2. The predicted molar refractivity (Wildman–Crippen MR) is 107 cm³/mol. The van der Waals surface area contributed by atoms with Gasteiger partial charge in [0.1, 0.15) is 11.6 Å². The predicted octanol–water partition coefficient (Wildman–Crippen LogP) is 5.18. The Bertz CT molecular complexity index is 1270. The van der Waals surface area contributed by atoms with Gasteiger partial charge in [0.2, 0.25) is 5.76 Å². The highest BCUT2D eigenvalue weighted by Gasteiger charge is 2.13. The maximum Gasteiger partial charge on any atom is 0.371 e. The molecule has 0 aliphatic heterocycles. The zero-order chi connectivity index (χ0) is 20.4. The fourth-order valence-corrected chi connectivity index (χ4v) is 3.23. The first kappa shape index (κ1) is 18.3. The maximum atomic E-state index is 13.2. The molecule has 0 aliphatic rings. The molecule has 142 valence electrons. The van der Waals surface area contributed by atoms with Crippen molar-refractivity contribution in [3.63, 3.8) is 0 Å². The first-order valence-electron chi connectivity index (χ1n) is 8.83. The van der Waals surface area contributed by atoms with E-state index in [-0.39, 0.29) is 11.6 Å². The Labute approximate surface area is 165 Å². The number of allylic oxidation sites excluding steroid dienone is 1. The Morgan fingerprint density at radius 1 is 1.14 bits per heavy atom. The molecule has 0 aliphatic carbocycles. The third-order valence-corrected chi connectivity index (χ3v) is 4.59. The Kier molecular flexibility index (Phi) is 4.71. The minimum atomic E-state index is -1.12. The van der Waals surface area contributed by atoms with Crippen LogP contribution in [0.2, 0.25) is 0 Å². The zero-order valence-electron chi connectivity index (χ0n) is 15.2. The van der Waals surface area contributed by atoms with E-state index < -0.39 is 5.97 Å². The minimum Gasteiger partial charge on any atom is -0.475 e. The lowest BCUT2D eigenvalue weighted by Crippen LogP contribution is -1.97. The first-order valence-corrected chi connectivity index (χ1v) is 8.83. The summed E-state index contributed by atoms with van der Waals surface area (Å²) in [7, 11) is 0. The van der Waals surface area contributed by atoms with Crippen molar-refractivity contribution in [2.24, 2.45) is 0 Å². The number of furan rings is 1. The van der Waals surface area contributed by atoms with Gasteiger partial charge in [-0.2, -0.15) is 5.26 Å². The van der Waals surface area contributed by atoms with Crippen LogP contribution in [0.3, 0.4) is 0 Å². The number of hydrogen-bond donors (Lipinski definition) is 1. The molecule has 5 nitrogen and oxygen atoms in total. The van der Waals surface area contributed by atoms with Crippen molar-refractivity contribution in [1.29, 1.82) is 5.26 Å². The summed E-state index contributed by atoms with van der Waals surface area (Å²) in [5.74, 6) is -1.07. The Balaban J connectivity index is 1.76. The van der Waals surface area contributed by atoms with Crippen molar-refractivity contribution in [3.8, 4) is 6.07 Å². The number of fused-ring (bicyclic) bond motifs is 1. The SMILES string of the molecule is N#CC(=Cc1cn(Cc2ccc(C(=O)O)o2)c2ccccc12)c1ccc(F)cc1. The highest BCUT2D eigenvalue weighted by molar-refractivity contribution is 5.98. The van der Waals surface area contributed by atoms with E-state index in [2.05, 4.69) is 6.07 Å². The van der Waals surface area contributed by atoms with Gasteiger partial charge in [-0.05, 0) is 42.0 Å². The van der Waals surface area contributed by atoms with Crippen LogP contribution in [0.1, 0.15) is 27.4 Å². The second-order valence-electron chi connectivity index (χ2n) is 6.48. The largest absolute Gasteiger partial charge is 0.475 e. The molecule has 0 atom stereocenters. The van der Waals surface area contributed by atoms with Crippen molar-refractivity contribution in [3.05, 3.63) is 95.3 Å². The molecule has 2 aromatic carbocycles. The zero-order valence-corrected chi connectivity index (χ0v) is 15.2. The van der Waals surface area contributed by atoms with Gasteiger partial charge in [-0.15, -0.1) is 0 Å². The van der Waals surface area contributed by atoms with Crippen LogP contribution in [-0.2, 0) is 6.54 Å². The molecule has 0 unspecified atom stereocenters. The number of carboxylic acids is 1. The standard InChI is InChI=1S/C23H15FN2O3/c24-18-7-5-15(6-8-18)16(12-25)11-17-13-26(21-4-2-1-3-20(17)21)14-19-9-10-22(29-19)23(27)28/h1-11,13H,14H2,(H,27,28). The molecule has 6 heteroatoms. The van der Waals surface area contributed by atoms with E-state index in [0.717, 1.165) is 16.5 Å². The fourth-order valence-electron chi connectivity index (χ4n) is 3.23. The van der Waals surface area contributed by atoms with E-state index in [1.807, 2.05) is 35.0 Å². The number of nitriles is 1. The molecule has 0 amide bonds. The molecule has 4 aromatic rings. The fraction of sp³-hybridized carbons (Fsp3) is 0.0435. The smallest absolute Gasteiger partial charge is 0.371 e. The van der Waals surface area contributed by atoms with Crippen LogP contribution < -0.4 is 0 Å². The second kappa shape index (κ2) is 7.49. The lowest BCUT2D eigenvalue weighted by molar-refractivity contribution is 0.0660. The average Bonchev–Trinajstić information content (AvgIpc) is 3.33. The lowest BCUT2D eigenvalue weighted by Gasteiger charge is -2.02. The van der Waals surface area contributed by atoms with E-state index in [9.17, 15) is 14.4 Å². The Morgan fingerprint density at radius 3 is 2.59 bits per heavy atom. The summed E-state index contributed by atoms with van der Waals surface area (Å²) in [5.41, 5.74) is 2.79. The summed E-state index contributed by atoms with van der Waals surface area (Å²) in [5, 5.41) is 19.6. The molecule has 29 heavy (non-hydrogen) atoms. The first-order chi connectivity index (χ1) is 14.0. The minimum absolute atomic E-state index is 0.111. The van der Waals surface area contributed by atoms with Gasteiger partial charge in [0.25, 0.3) is 0 Å². The molecular formula is C23H15FN2O3. The number of aromatic nitrogens is 1. The lowest BCUT2D eigenvalue weighted by atomic mass is 10.0. The van der Waals surface area contributed by atoms with Crippen molar-refractivity contribution in [1.82, 2.24) is 4.57 Å². The van der Waals surface area contributed by atoms with E-state index in [4.69, 9.17) is 9.52 Å². The van der Waals surface area contributed by atoms with E-state index in [0.29, 0.717) is 23.4 Å². The van der Waals surface area contributed by atoms with Gasteiger partial charge in [0.15, 0.2) is 0 Å². The monoisotopic (exact) mass is 386 g/mol. The van der Waals surface area contributed by atoms with E-state index in [1.54, 1.807) is 24.3 Å². The molecular weight excluding hydrogens is 371 g/mol. The highest BCUT2D eigenvalue weighted by atomic mass is 19.1. The van der Waals surface area contributed by atoms with Crippen molar-refractivity contribution >= 4 is 28.5 Å². The maximum absolute atomic E-state index is 13.2. The summed E-state index contributed by atoms with van der Waals surface area (Å²) >= 11 is 0. The van der Waals surface area contributed by atoms with Gasteiger partial charge in [0, 0.05) is 22.7 Å². The summed E-state index contributed by atoms with van der Waals surface area (Å²) in [6.07, 6.45) is 3.64. The van der Waals surface area contributed by atoms with Crippen molar-refractivity contribution in [2.45, 2.75) is 6.54 Å². The third-order valence-electron chi connectivity index (χ3n) is 4.59. The van der Waals surface area contributed by atoms with E-state index in [1.165, 1.54) is 18.2 Å². The van der Waals surface area contributed by atoms with Gasteiger partial charge in [-0.25, -0.2) is 9.18 Å². The quantitative estimate of drug-likeness (QED) is 0.479. The number of carboxylic acid groups (broad SMARTS) is 1. The second-order valence-corrected chi connectivity index (χ2v) is 6.48. The van der Waals surface area contributed by atoms with Gasteiger partial charge in [-0.3, -0.25) is 0 Å². The number of benzene rings is 2. The normalized spacial score (nSPS) is 11.5. The van der Waals surface area contributed by atoms with Crippen LogP contribution in [-0.4, -0.2) is 15.6 Å². The average molecular weight is 386 g/mol. The number of halogens is 1. The topological polar surface area (TPSA) is 79.2 Å². The van der Waals surface area contributed by atoms with Gasteiger partial charge in [0.05, 0.1) is 18.2 Å². The highest BCUT2D eigenvalue weighted by Crippen LogP contribution is 2.27. The third kappa shape index (κ3) is 3.66. The van der Waals surface area contributed by atoms with Crippen LogP contribution in [0.25, 0.3) is 22.6 Å². The number of para-hydroxylation sites is 1. The summed E-state index contributed by atoms with van der Waals surface area (Å²) < 4.78 is 20.5. The summed E-state index contributed by atoms with van der Waals surface area (Å²) in [4.78, 5) is 11.0. The molecule has 0 saturated carbocycles. The molecule has 4 rings (SSSR count). The van der Waals surface area contributed by atoms with E-state index >= 15 is 0 Å². The van der Waals surface area contributed by atoms with Gasteiger partial charge < -0.3 is 14.1 Å². The van der Waals surface area contributed by atoms with Crippen LogP contribution in [0.15, 0.2) is 71.3 Å². The molecule has 0 saturated heterocycles. The molecule has 0 fully saturated rings. The number of rotatable bonds is 5. The van der Waals surface area contributed by atoms with Crippen molar-refractivity contribution < 1.29 is 18.7 Å². The van der Waals surface area contributed by atoms with Gasteiger partial charge >= 0.3 is 5.97 Å². The van der Waals surface area contributed by atoms with Crippen LogP contribution in [0, 0.1) is 17.1 Å². The molecule has 2 aromatic heterocycles. The molecule has 1 N–H and O–H groups in total. The molecule has 0 bridgehead atoms. The summed E-state index contributed by atoms with van der Waals surface area (Å²) in [6, 6.07) is 18.7. The van der Waals surface area contributed by atoms with Crippen LogP contribution in [0.5, 0.6) is 0 Å². The van der Waals surface area contributed by atoms with Crippen LogP contribution in [0.4, 0.5) is 4.39 Å². The molecule has 0 spiro atoms. The van der Waals surface area contributed by atoms with Crippen LogP contribution >= 0.6 is 0 Å². The van der Waals surface area contributed by atoms with Gasteiger partial charge in [-0.1, -0.05) is 30.3 Å². The molecule has 0 radical (unpaired) electrons. The van der Waals surface area contributed by atoms with Crippen molar-refractivity contribution in [2.75, 3.05) is 0 Å². The summed E-state index contributed by atoms with van der Waals surface area (Å²) in [6.45, 7) is 0.347. The molecule has 2 heterocycles. The Morgan fingerprint density at radius 2 is 1.90 bits per heavy atom. The Hall–Kier alpha value is -4.11.